The Morgan fingerprint density at radius 1 is 1.48 bits per heavy atom. The van der Waals surface area contributed by atoms with E-state index in [1.54, 1.807) is 0 Å². The van der Waals surface area contributed by atoms with Crippen LogP contribution in [0.15, 0.2) is 30.4 Å². The van der Waals surface area contributed by atoms with Crippen molar-refractivity contribution < 1.29 is 18.4 Å². The minimum atomic E-state index is -2.97. The number of nitrogens with zero attached hydrogens (tertiary/aromatic N) is 2. The molecule has 0 aliphatic carbocycles. The smallest absolute Gasteiger partial charge is 0.387 e. The van der Waals surface area contributed by atoms with Gasteiger partial charge in [0.2, 0.25) is 0 Å². The van der Waals surface area contributed by atoms with Gasteiger partial charge in [-0.1, -0.05) is 12.2 Å². The molecule has 1 aliphatic heterocycles. The van der Waals surface area contributed by atoms with Gasteiger partial charge in [-0.25, -0.2) is 0 Å². The predicted molar refractivity (Wildman–Crippen MR) is 90.8 cm³/mol. The molecule has 8 heteroatoms. The third kappa shape index (κ3) is 6.06. The van der Waals surface area contributed by atoms with Gasteiger partial charge in [-0.05, 0) is 38.9 Å². The summed E-state index contributed by atoms with van der Waals surface area (Å²) in [5, 5.41) is 14.2. The molecule has 0 saturated carbocycles. The third-order valence-corrected chi connectivity index (χ3v) is 4.13. The summed E-state index contributed by atoms with van der Waals surface area (Å²) in [6.07, 6.45) is 1.85. The largest absolute Gasteiger partial charge is 0.434 e. The van der Waals surface area contributed by atoms with Crippen LogP contribution in [0, 0.1) is 10.1 Å². The molecule has 0 aromatic heterocycles. The Bertz CT molecular complexity index is 617. The lowest BCUT2D eigenvalue weighted by Gasteiger charge is -2.32. The highest BCUT2D eigenvalue weighted by molar-refractivity contribution is 5.43. The fourth-order valence-corrected chi connectivity index (χ4v) is 2.96. The average molecular weight is 355 g/mol. The number of alkyl halides is 2. The molecule has 1 fully saturated rings. The molecule has 2 rings (SSSR count). The second-order valence-corrected chi connectivity index (χ2v) is 6.32. The maximum Gasteiger partial charge on any atom is 0.387 e. The van der Waals surface area contributed by atoms with Gasteiger partial charge in [-0.3, -0.25) is 15.0 Å². The van der Waals surface area contributed by atoms with Crippen LogP contribution in [0.25, 0.3) is 0 Å². The first kappa shape index (κ1) is 19.3. The van der Waals surface area contributed by atoms with E-state index in [4.69, 9.17) is 0 Å². The van der Waals surface area contributed by atoms with E-state index in [9.17, 15) is 18.9 Å². The highest BCUT2D eigenvalue weighted by Gasteiger charge is 2.20. The second-order valence-electron chi connectivity index (χ2n) is 6.32. The molecule has 6 nitrogen and oxygen atoms in total. The Balaban J connectivity index is 1.96. The summed E-state index contributed by atoms with van der Waals surface area (Å²) < 4.78 is 29.5. The van der Waals surface area contributed by atoms with Crippen molar-refractivity contribution >= 4 is 5.69 Å². The normalized spacial score (nSPS) is 16.2. The lowest BCUT2D eigenvalue weighted by molar-refractivity contribution is -0.385. The number of ether oxygens (including phenoxy) is 1. The van der Waals surface area contributed by atoms with Crippen molar-refractivity contribution in [1.82, 2.24) is 10.2 Å². The Kier molecular flexibility index (Phi) is 6.83. The van der Waals surface area contributed by atoms with Crippen molar-refractivity contribution in [1.29, 1.82) is 0 Å². The first-order chi connectivity index (χ1) is 11.8. The number of nitro benzene ring substituents is 1. The van der Waals surface area contributed by atoms with Crippen LogP contribution in [-0.2, 0) is 6.54 Å². The van der Waals surface area contributed by atoms with Crippen molar-refractivity contribution in [2.75, 3.05) is 19.6 Å². The number of piperidine rings is 1. The van der Waals surface area contributed by atoms with Crippen LogP contribution in [0.1, 0.15) is 25.3 Å². The van der Waals surface area contributed by atoms with E-state index in [2.05, 4.69) is 21.5 Å². The molecule has 25 heavy (non-hydrogen) atoms. The molecule has 0 radical (unpaired) electrons. The van der Waals surface area contributed by atoms with Crippen molar-refractivity contribution in [3.05, 3.63) is 46.0 Å². The summed E-state index contributed by atoms with van der Waals surface area (Å²) >= 11 is 0. The monoisotopic (exact) mass is 355 g/mol. The molecule has 0 amide bonds. The Hall–Kier alpha value is -2.06. The minimum Gasteiger partial charge on any atom is -0.434 e. The summed E-state index contributed by atoms with van der Waals surface area (Å²) in [5.74, 6) is -0.0344. The molecule has 0 atom stereocenters. The maximum atomic E-state index is 12.5. The number of nitro groups is 1. The van der Waals surface area contributed by atoms with Gasteiger partial charge in [0.05, 0.1) is 4.92 Å². The molecule has 1 saturated heterocycles. The molecule has 1 aliphatic rings. The average Bonchev–Trinajstić information content (AvgIpc) is 2.54. The SMILES string of the molecule is C=C(C)CN1CCC(NCc2cc([N+](=O)[O-])ccc2OC(F)F)CC1. The van der Waals surface area contributed by atoms with Crippen molar-refractivity contribution in [2.24, 2.45) is 0 Å². The zero-order valence-electron chi connectivity index (χ0n) is 14.2. The number of nitrogens with one attached hydrogen (secondary N) is 1. The van der Waals surface area contributed by atoms with Crippen LogP contribution >= 0.6 is 0 Å². The number of non-ortho nitro benzene ring substituents is 1. The third-order valence-electron chi connectivity index (χ3n) is 4.13. The molecule has 138 valence electrons. The summed E-state index contributed by atoms with van der Waals surface area (Å²) in [6.45, 7) is 5.93. The van der Waals surface area contributed by atoms with E-state index in [1.807, 2.05) is 6.92 Å². The molecular weight excluding hydrogens is 332 g/mol. The van der Waals surface area contributed by atoms with Crippen molar-refractivity contribution in [2.45, 2.75) is 39.0 Å². The van der Waals surface area contributed by atoms with E-state index >= 15 is 0 Å². The fourth-order valence-electron chi connectivity index (χ4n) is 2.96. The molecule has 1 N–H and O–H groups in total. The highest BCUT2D eigenvalue weighted by atomic mass is 19.3. The first-order valence-corrected chi connectivity index (χ1v) is 8.17. The molecular formula is C17H23F2N3O3. The van der Waals surface area contributed by atoms with Crippen molar-refractivity contribution in [3.63, 3.8) is 0 Å². The molecule has 0 unspecified atom stereocenters. The van der Waals surface area contributed by atoms with Gasteiger partial charge >= 0.3 is 6.61 Å². The van der Waals surface area contributed by atoms with E-state index in [0.29, 0.717) is 5.56 Å². The van der Waals surface area contributed by atoms with Gasteiger partial charge in [-0.2, -0.15) is 8.78 Å². The van der Waals surface area contributed by atoms with Gasteiger partial charge in [0.1, 0.15) is 5.75 Å². The molecule has 0 spiro atoms. The van der Waals surface area contributed by atoms with Gasteiger partial charge in [0, 0.05) is 36.8 Å². The van der Waals surface area contributed by atoms with Gasteiger partial charge in [-0.15, -0.1) is 0 Å². The van der Waals surface area contributed by atoms with E-state index in [-0.39, 0.29) is 24.0 Å². The second kappa shape index (κ2) is 8.87. The Morgan fingerprint density at radius 3 is 2.72 bits per heavy atom. The molecule has 1 aromatic carbocycles. The van der Waals surface area contributed by atoms with Gasteiger partial charge in [0.25, 0.3) is 5.69 Å². The molecule has 0 bridgehead atoms. The van der Waals surface area contributed by atoms with E-state index < -0.39 is 11.5 Å². The number of hydrogen-bond acceptors (Lipinski definition) is 5. The topological polar surface area (TPSA) is 67.6 Å². The number of rotatable bonds is 8. The van der Waals surface area contributed by atoms with E-state index in [1.165, 1.54) is 12.1 Å². The lowest BCUT2D eigenvalue weighted by Crippen LogP contribution is -2.42. The summed E-state index contributed by atoms with van der Waals surface area (Å²) in [4.78, 5) is 12.7. The zero-order chi connectivity index (χ0) is 18.4. The van der Waals surface area contributed by atoms with Crippen LogP contribution in [0.2, 0.25) is 0 Å². The fraction of sp³-hybridized carbons (Fsp3) is 0.529. The predicted octanol–water partition coefficient (Wildman–Crippen LogP) is 3.33. The maximum absolute atomic E-state index is 12.5. The minimum absolute atomic E-state index is 0.0344. The first-order valence-electron chi connectivity index (χ1n) is 8.17. The van der Waals surface area contributed by atoms with Crippen LogP contribution in [-0.4, -0.2) is 42.1 Å². The lowest BCUT2D eigenvalue weighted by atomic mass is 10.0. The molecule has 1 aromatic rings. The Morgan fingerprint density at radius 2 is 2.16 bits per heavy atom. The van der Waals surface area contributed by atoms with Crippen molar-refractivity contribution in [3.8, 4) is 5.75 Å². The number of likely N-dealkylation sites (tertiary alicyclic amines) is 1. The Labute approximate surface area is 145 Å². The number of halogens is 2. The van der Waals surface area contributed by atoms with Gasteiger partial charge in [0.15, 0.2) is 0 Å². The highest BCUT2D eigenvalue weighted by Crippen LogP contribution is 2.26. The number of benzene rings is 1. The van der Waals surface area contributed by atoms with Crippen LogP contribution < -0.4 is 10.1 Å². The quantitative estimate of drug-likeness (QED) is 0.440. The van der Waals surface area contributed by atoms with Crippen LogP contribution in [0.4, 0.5) is 14.5 Å². The van der Waals surface area contributed by atoms with Crippen LogP contribution in [0.3, 0.4) is 0 Å². The van der Waals surface area contributed by atoms with Gasteiger partial charge < -0.3 is 10.1 Å². The summed E-state index contributed by atoms with van der Waals surface area (Å²) in [7, 11) is 0. The standard InChI is InChI=1S/C17H23F2N3O3/c1-12(2)11-21-7-5-14(6-8-21)20-10-13-9-15(22(23)24)3-4-16(13)25-17(18)19/h3-4,9,14,17,20H,1,5-8,10-11H2,2H3. The molecule has 1 heterocycles. The summed E-state index contributed by atoms with van der Waals surface area (Å²) in [5.41, 5.74) is 1.34. The summed E-state index contributed by atoms with van der Waals surface area (Å²) in [6, 6.07) is 3.90. The van der Waals surface area contributed by atoms with E-state index in [0.717, 1.165) is 44.1 Å². The van der Waals surface area contributed by atoms with Crippen LogP contribution in [0.5, 0.6) is 5.75 Å². The zero-order valence-corrected chi connectivity index (χ0v) is 14.2. The number of hydrogen-bond donors (Lipinski definition) is 1.